The molecule has 0 aliphatic carbocycles. The molecule has 2 aromatic carbocycles. The number of nitrogens with one attached hydrogen (secondary N) is 1. The minimum absolute atomic E-state index is 0.0497. The van der Waals surface area contributed by atoms with Gasteiger partial charge in [0.25, 0.3) is 5.91 Å². The molecule has 110 valence electrons. The number of rotatable bonds is 5. The van der Waals surface area contributed by atoms with Crippen LogP contribution in [0.4, 0.5) is 5.69 Å². The predicted octanol–water partition coefficient (Wildman–Crippen LogP) is 3.61. The Labute approximate surface area is 135 Å². The van der Waals surface area contributed by atoms with Crippen LogP contribution in [0, 0.1) is 0 Å². The van der Waals surface area contributed by atoms with E-state index >= 15 is 0 Å². The Bertz CT molecular complexity index is 649. The van der Waals surface area contributed by atoms with Gasteiger partial charge in [0.15, 0.2) is 6.61 Å². The normalized spacial score (nSPS) is 10.2. The first-order chi connectivity index (χ1) is 10.1. The molecule has 2 rings (SSSR count). The van der Waals surface area contributed by atoms with Crippen molar-refractivity contribution in [3.63, 3.8) is 0 Å². The zero-order chi connectivity index (χ0) is 15.2. The van der Waals surface area contributed by atoms with Gasteiger partial charge in [0.05, 0.1) is 21.8 Å². The lowest BCUT2D eigenvalue weighted by atomic mass is 10.2. The first-order valence-electron chi connectivity index (χ1n) is 6.16. The molecule has 1 amide bonds. The monoisotopic (exact) mass is 369 g/mol. The van der Waals surface area contributed by atoms with Crippen LogP contribution in [-0.4, -0.2) is 17.6 Å². The number of aliphatic hydroxyl groups excluding tert-OH is 1. The standard InChI is InChI=1S/C15H13BrClNO3/c16-11-7-10(8-19)5-6-14(11)21-9-15(20)18-13-4-2-1-3-12(13)17/h1-7,19H,8-9H2,(H,18,20). The Morgan fingerprint density at radius 2 is 2.05 bits per heavy atom. The second kappa shape index (κ2) is 7.45. The molecule has 0 heterocycles. The van der Waals surface area contributed by atoms with Gasteiger partial charge in [-0.3, -0.25) is 4.79 Å². The van der Waals surface area contributed by atoms with Crippen molar-refractivity contribution in [2.24, 2.45) is 0 Å². The third kappa shape index (κ3) is 4.46. The minimum Gasteiger partial charge on any atom is -0.483 e. The molecule has 0 unspecified atom stereocenters. The van der Waals surface area contributed by atoms with Crippen molar-refractivity contribution < 1.29 is 14.6 Å². The molecule has 0 aliphatic heterocycles. The summed E-state index contributed by atoms with van der Waals surface area (Å²) in [6, 6.07) is 12.1. The molecule has 0 aliphatic rings. The number of halogens is 2. The Morgan fingerprint density at radius 3 is 2.71 bits per heavy atom. The van der Waals surface area contributed by atoms with Gasteiger partial charge in [-0.1, -0.05) is 29.8 Å². The highest BCUT2D eigenvalue weighted by Gasteiger charge is 2.08. The fourth-order valence-electron chi connectivity index (χ4n) is 1.65. The smallest absolute Gasteiger partial charge is 0.262 e. The van der Waals surface area contributed by atoms with Crippen molar-refractivity contribution >= 4 is 39.1 Å². The maximum absolute atomic E-state index is 11.8. The van der Waals surface area contributed by atoms with Crippen molar-refractivity contribution in [3.05, 3.63) is 57.5 Å². The summed E-state index contributed by atoms with van der Waals surface area (Å²) in [6.07, 6.45) is 0. The van der Waals surface area contributed by atoms with Gasteiger partial charge in [-0.05, 0) is 45.8 Å². The van der Waals surface area contributed by atoms with E-state index in [-0.39, 0.29) is 19.1 Å². The molecule has 2 N–H and O–H groups in total. The maximum atomic E-state index is 11.8. The SMILES string of the molecule is O=C(COc1ccc(CO)cc1Br)Nc1ccccc1Cl. The van der Waals surface area contributed by atoms with Crippen molar-refractivity contribution in [1.29, 1.82) is 0 Å². The number of carbonyl (C=O) groups excluding carboxylic acids is 1. The molecule has 0 saturated carbocycles. The molecule has 6 heteroatoms. The van der Waals surface area contributed by atoms with Crippen LogP contribution in [0.5, 0.6) is 5.75 Å². The number of hydrogen-bond acceptors (Lipinski definition) is 3. The molecule has 0 radical (unpaired) electrons. The number of anilines is 1. The van der Waals surface area contributed by atoms with E-state index in [0.29, 0.717) is 20.9 Å². The summed E-state index contributed by atoms with van der Waals surface area (Å²) in [5.74, 6) is 0.225. The van der Waals surface area contributed by atoms with E-state index in [1.54, 1.807) is 42.5 Å². The van der Waals surface area contributed by atoms with Gasteiger partial charge in [-0.15, -0.1) is 0 Å². The molecule has 0 bridgehead atoms. The summed E-state index contributed by atoms with van der Waals surface area (Å²) in [5.41, 5.74) is 1.30. The largest absolute Gasteiger partial charge is 0.483 e. The Balaban J connectivity index is 1.94. The molecule has 4 nitrogen and oxygen atoms in total. The van der Waals surface area contributed by atoms with Crippen LogP contribution in [0.2, 0.25) is 5.02 Å². The summed E-state index contributed by atoms with van der Waals surface area (Å²) in [7, 11) is 0. The maximum Gasteiger partial charge on any atom is 0.262 e. The van der Waals surface area contributed by atoms with Gasteiger partial charge >= 0.3 is 0 Å². The first-order valence-corrected chi connectivity index (χ1v) is 7.33. The van der Waals surface area contributed by atoms with Gasteiger partial charge in [-0.2, -0.15) is 0 Å². The average Bonchev–Trinajstić information content (AvgIpc) is 2.48. The van der Waals surface area contributed by atoms with E-state index < -0.39 is 0 Å². The van der Waals surface area contributed by atoms with Crippen molar-refractivity contribution in [2.75, 3.05) is 11.9 Å². The Hall–Kier alpha value is -1.56. The number of para-hydroxylation sites is 1. The van der Waals surface area contributed by atoms with E-state index in [1.165, 1.54) is 0 Å². The summed E-state index contributed by atoms with van der Waals surface area (Å²) < 4.78 is 6.11. The molecule has 21 heavy (non-hydrogen) atoms. The molecule has 0 saturated heterocycles. The lowest BCUT2D eigenvalue weighted by molar-refractivity contribution is -0.118. The number of hydrogen-bond donors (Lipinski definition) is 2. The number of amides is 1. The third-order valence-electron chi connectivity index (χ3n) is 2.69. The highest BCUT2D eigenvalue weighted by atomic mass is 79.9. The second-order valence-electron chi connectivity index (χ2n) is 4.24. The molecular weight excluding hydrogens is 358 g/mol. The number of benzene rings is 2. The van der Waals surface area contributed by atoms with E-state index in [0.717, 1.165) is 5.56 Å². The third-order valence-corrected chi connectivity index (χ3v) is 3.63. The Morgan fingerprint density at radius 1 is 1.29 bits per heavy atom. The van der Waals surface area contributed by atoms with Gasteiger partial charge in [0.1, 0.15) is 5.75 Å². The molecule has 0 aromatic heterocycles. The zero-order valence-electron chi connectivity index (χ0n) is 11.0. The van der Waals surface area contributed by atoms with E-state index in [4.69, 9.17) is 21.4 Å². The predicted molar refractivity (Wildman–Crippen MR) is 85.6 cm³/mol. The van der Waals surface area contributed by atoms with Crippen LogP contribution in [0.1, 0.15) is 5.56 Å². The van der Waals surface area contributed by atoms with Gasteiger partial charge in [0, 0.05) is 0 Å². The van der Waals surface area contributed by atoms with Gasteiger partial charge < -0.3 is 15.2 Å². The fourth-order valence-corrected chi connectivity index (χ4v) is 2.38. The summed E-state index contributed by atoms with van der Waals surface area (Å²) in [5, 5.41) is 12.2. The van der Waals surface area contributed by atoms with E-state index in [2.05, 4.69) is 21.2 Å². The number of aliphatic hydroxyl groups is 1. The van der Waals surface area contributed by atoms with Crippen molar-refractivity contribution in [3.8, 4) is 5.75 Å². The average molecular weight is 371 g/mol. The number of ether oxygens (including phenoxy) is 1. The van der Waals surface area contributed by atoms with Crippen LogP contribution in [0.15, 0.2) is 46.9 Å². The molecule has 0 fully saturated rings. The second-order valence-corrected chi connectivity index (χ2v) is 5.50. The fraction of sp³-hybridized carbons (Fsp3) is 0.133. The topological polar surface area (TPSA) is 58.6 Å². The minimum atomic E-state index is -0.304. The lowest BCUT2D eigenvalue weighted by Gasteiger charge is -2.10. The van der Waals surface area contributed by atoms with Crippen LogP contribution in [-0.2, 0) is 11.4 Å². The van der Waals surface area contributed by atoms with E-state index in [1.807, 2.05) is 0 Å². The highest BCUT2D eigenvalue weighted by molar-refractivity contribution is 9.10. The first kappa shape index (κ1) is 15.8. The van der Waals surface area contributed by atoms with Crippen LogP contribution in [0.3, 0.4) is 0 Å². The summed E-state index contributed by atoms with van der Waals surface area (Å²) in [4.78, 5) is 11.8. The molecule has 0 spiro atoms. The van der Waals surface area contributed by atoms with Crippen molar-refractivity contribution in [2.45, 2.75) is 6.61 Å². The van der Waals surface area contributed by atoms with Crippen LogP contribution in [0.25, 0.3) is 0 Å². The summed E-state index contributed by atoms with van der Waals surface area (Å²) >= 11 is 9.28. The molecule has 0 atom stereocenters. The molecule has 2 aromatic rings. The van der Waals surface area contributed by atoms with Crippen LogP contribution >= 0.6 is 27.5 Å². The van der Waals surface area contributed by atoms with E-state index in [9.17, 15) is 4.79 Å². The lowest BCUT2D eigenvalue weighted by Crippen LogP contribution is -2.20. The highest BCUT2D eigenvalue weighted by Crippen LogP contribution is 2.26. The van der Waals surface area contributed by atoms with Crippen LogP contribution < -0.4 is 10.1 Å². The quantitative estimate of drug-likeness (QED) is 0.845. The van der Waals surface area contributed by atoms with Crippen molar-refractivity contribution in [1.82, 2.24) is 0 Å². The number of carbonyl (C=O) groups is 1. The zero-order valence-corrected chi connectivity index (χ0v) is 13.3. The van der Waals surface area contributed by atoms with Gasteiger partial charge in [0.2, 0.25) is 0 Å². The molecular formula is C15H13BrClNO3. The van der Waals surface area contributed by atoms with Gasteiger partial charge in [-0.25, -0.2) is 0 Å². The Kier molecular flexibility index (Phi) is 5.61. The summed E-state index contributed by atoms with van der Waals surface area (Å²) in [6.45, 7) is -0.186.